The number of anilines is 1. The monoisotopic (exact) mass is 408 g/mol. The van der Waals surface area contributed by atoms with Crippen LogP contribution in [0, 0.1) is 5.95 Å². The second-order valence-corrected chi connectivity index (χ2v) is 6.55. The Morgan fingerprint density at radius 3 is 2.63 bits per heavy atom. The molecule has 1 heterocycles. The molecule has 0 aliphatic heterocycles. The van der Waals surface area contributed by atoms with Crippen LogP contribution in [0.2, 0.25) is 10.0 Å². The number of nitrogens with zero attached hydrogens (tertiary/aromatic N) is 1. The largest absolute Gasteiger partial charge is 0.461 e. The minimum atomic E-state index is -1.07. The maximum absolute atomic E-state index is 13.6. The lowest BCUT2D eigenvalue weighted by Crippen LogP contribution is -2.26. The summed E-state index contributed by atoms with van der Waals surface area (Å²) < 4.78 is 24.1. The molecule has 3 rings (SSSR count). The van der Waals surface area contributed by atoms with E-state index in [1.165, 1.54) is 6.92 Å². The van der Waals surface area contributed by atoms with Gasteiger partial charge in [0, 0.05) is 0 Å². The van der Waals surface area contributed by atoms with E-state index in [0.717, 1.165) is 16.3 Å². The number of esters is 1. The van der Waals surface area contributed by atoms with Gasteiger partial charge in [-0.1, -0.05) is 59.6 Å². The van der Waals surface area contributed by atoms with Crippen LogP contribution in [0.3, 0.4) is 0 Å². The number of aromatic nitrogens is 1. The van der Waals surface area contributed by atoms with Crippen molar-refractivity contribution in [1.29, 1.82) is 0 Å². The number of nitrogens with two attached hydrogens (primary N) is 1. The van der Waals surface area contributed by atoms with Crippen LogP contribution in [0.15, 0.2) is 42.5 Å². The van der Waals surface area contributed by atoms with E-state index in [-0.39, 0.29) is 23.2 Å². The molecule has 1 aromatic heterocycles. The molecular weight excluding hydrogens is 394 g/mol. The third kappa shape index (κ3) is 4.23. The molecule has 0 saturated carbocycles. The van der Waals surface area contributed by atoms with E-state index in [0.29, 0.717) is 0 Å². The zero-order valence-corrected chi connectivity index (χ0v) is 15.7. The third-order valence-electron chi connectivity index (χ3n) is 3.86. The normalized spacial score (nSPS) is 12.0. The van der Waals surface area contributed by atoms with Crippen LogP contribution in [0.5, 0.6) is 5.88 Å². The van der Waals surface area contributed by atoms with Crippen molar-refractivity contribution in [2.45, 2.75) is 19.6 Å². The van der Waals surface area contributed by atoms with Crippen molar-refractivity contribution < 1.29 is 18.7 Å². The molecule has 0 aliphatic rings. The SMILES string of the molecule is C[C@@H](Oc1nc(F)c(Cl)c(N)c1Cl)C(=O)OCc1ccc2ccccc2c1. The number of fused-ring (bicyclic) bond motifs is 1. The first kappa shape index (κ1) is 19.2. The summed E-state index contributed by atoms with van der Waals surface area (Å²) >= 11 is 11.6. The highest BCUT2D eigenvalue weighted by Crippen LogP contribution is 2.35. The minimum absolute atomic E-state index is 0.0651. The Kier molecular flexibility index (Phi) is 5.68. The van der Waals surface area contributed by atoms with Crippen molar-refractivity contribution in [1.82, 2.24) is 4.98 Å². The second kappa shape index (κ2) is 7.98. The highest BCUT2D eigenvalue weighted by molar-refractivity contribution is 6.39. The molecule has 0 spiro atoms. The number of hydrogen-bond donors (Lipinski definition) is 1. The van der Waals surface area contributed by atoms with Gasteiger partial charge in [-0.05, 0) is 29.3 Å². The molecule has 2 N–H and O–H groups in total. The average Bonchev–Trinajstić information content (AvgIpc) is 2.68. The Balaban J connectivity index is 1.65. The quantitative estimate of drug-likeness (QED) is 0.485. The van der Waals surface area contributed by atoms with Gasteiger partial charge >= 0.3 is 5.97 Å². The molecule has 140 valence electrons. The van der Waals surface area contributed by atoms with Gasteiger partial charge in [0.05, 0.1) is 5.69 Å². The van der Waals surface area contributed by atoms with E-state index in [2.05, 4.69) is 4.98 Å². The Morgan fingerprint density at radius 1 is 1.19 bits per heavy atom. The molecule has 0 radical (unpaired) electrons. The van der Waals surface area contributed by atoms with Gasteiger partial charge in [0.15, 0.2) is 6.10 Å². The minimum Gasteiger partial charge on any atom is -0.461 e. The Hall–Kier alpha value is -2.57. The van der Waals surface area contributed by atoms with Crippen LogP contribution < -0.4 is 10.5 Å². The molecule has 0 amide bonds. The van der Waals surface area contributed by atoms with Gasteiger partial charge in [-0.2, -0.15) is 9.37 Å². The molecule has 1 atom stereocenters. The summed E-state index contributed by atoms with van der Waals surface area (Å²) in [4.78, 5) is 15.6. The maximum Gasteiger partial charge on any atom is 0.347 e. The molecule has 2 aromatic carbocycles. The van der Waals surface area contributed by atoms with Gasteiger partial charge in [-0.3, -0.25) is 0 Å². The van der Waals surface area contributed by atoms with Crippen molar-refractivity contribution in [3.63, 3.8) is 0 Å². The fraction of sp³-hybridized carbons (Fsp3) is 0.158. The number of carbonyl (C=O) groups is 1. The predicted molar refractivity (Wildman–Crippen MR) is 102 cm³/mol. The van der Waals surface area contributed by atoms with E-state index in [1.807, 2.05) is 42.5 Å². The van der Waals surface area contributed by atoms with Crippen molar-refractivity contribution in [2.24, 2.45) is 0 Å². The number of benzene rings is 2. The smallest absolute Gasteiger partial charge is 0.347 e. The second-order valence-electron chi connectivity index (χ2n) is 5.80. The van der Waals surface area contributed by atoms with Crippen LogP contribution in [0.25, 0.3) is 10.8 Å². The number of nitrogen functional groups attached to an aromatic ring is 1. The zero-order chi connectivity index (χ0) is 19.6. The number of pyridine rings is 1. The first-order valence-electron chi connectivity index (χ1n) is 7.97. The number of halogens is 3. The van der Waals surface area contributed by atoms with Crippen molar-refractivity contribution in [2.75, 3.05) is 5.73 Å². The number of ether oxygens (including phenoxy) is 2. The molecule has 0 aliphatic carbocycles. The number of carbonyl (C=O) groups excluding carboxylic acids is 1. The summed E-state index contributed by atoms with van der Waals surface area (Å²) in [6.07, 6.45) is -1.07. The maximum atomic E-state index is 13.6. The molecule has 0 unspecified atom stereocenters. The highest BCUT2D eigenvalue weighted by Gasteiger charge is 2.22. The highest BCUT2D eigenvalue weighted by atomic mass is 35.5. The van der Waals surface area contributed by atoms with Crippen LogP contribution in [-0.4, -0.2) is 17.1 Å². The number of rotatable bonds is 5. The van der Waals surface area contributed by atoms with Gasteiger partial charge in [0.2, 0.25) is 11.8 Å². The first-order chi connectivity index (χ1) is 12.9. The van der Waals surface area contributed by atoms with Crippen molar-refractivity contribution in [3.05, 3.63) is 64.0 Å². The van der Waals surface area contributed by atoms with E-state index in [9.17, 15) is 9.18 Å². The topological polar surface area (TPSA) is 74.4 Å². The zero-order valence-electron chi connectivity index (χ0n) is 14.2. The fourth-order valence-corrected chi connectivity index (χ4v) is 2.77. The molecule has 8 heteroatoms. The lowest BCUT2D eigenvalue weighted by molar-refractivity contribution is -0.152. The Labute approximate surface area is 164 Å². The van der Waals surface area contributed by atoms with E-state index in [1.54, 1.807) is 0 Å². The number of hydrogen-bond acceptors (Lipinski definition) is 5. The molecule has 27 heavy (non-hydrogen) atoms. The fourth-order valence-electron chi connectivity index (χ4n) is 2.40. The lowest BCUT2D eigenvalue weighted by atomic mass is 10.1. The summed E-state index contributed by atoms with van der Waals surface area (Å²) in [5.41, 5.74) is 6.19. The van der Waals surface area contributed by atoms with Crippen LogP contribution in [0.4, 0.5) is 10.1 Å². The Morgan fingerprint density at radius 2 is 1.89 bits per heavy atom. The van der Waals surface area contributed by atoms with E-state index >= 15 is 0 Å². The standard InChI is InChI=1S/C19H15Cl2FN2O3/c1-10(27-18-15(21)16(23)14(20)17(22)24-18)19(25)26-9-11-6-7-12-4-2-3-5-13(12)8-11/h2-8,10H,9H2,1H3,(H2,23,24)/t10-/m1/s1. The van der Waals surface area contributed by atoms with E-state index < -0.39 is 23.0 Å². The lowest BCUT2D eigenvalue weighted by Gasteiger charge is -2.15. The van der Waals surface area contributed by atoms with Crippen molar-refractivity contribution in [3.8, 4) is 5.88 Å². The van der Waals surface area contributed by atoms with Gasteiger partial charge < -0.3 is 15.2 Å². The molecule has 0 fully saturated rings. The van der Waals surface area contributed by atoms with Crippen LogP contribution >= 0.6 is 23.2 Å². The molecule has 0 bridgehead atoms. The third-order valence-corrected chi connectivity index (χ3v) is 4.58. The molecular formula is C19H15Cl2FN2O3. The summed E-state index contributed by atoms with van der Waals surface area (Å²) in [6.45, 7) is 1.50. The first-order valence-corrected chi connectivity index (χ1v) is 8.73. The van der Waals surface area contributed by atoms with Crippen molar-refractivity contribution >= 4 is 45.6 Å². The summed E-state index contributed by atoms with van der Waals surface area (Å²) in [5.74, 6) is -2.02. The van der Waals surface area contributed by atoms with Crippen LogP contribution in [0.1, 0.15) is 12.5 Å². The van der Waals surface area contributed by atoms with Gasteiger partial charge in [0.1, 0.15) is 16.7 Å². The predicted octanol–water partition coefficient (Wildman–Crippen LogP) is 4.77. The van der Waals surface area contributed by atoms with Gasteiger partial charge in [0.25, 0.3) is 0 Å². The van der Waals surface area contributed by atoms with Gasteiger partial charge in [-0.15, -0.1) is 0 Å². The summed E-state index contributed by atoms with van der Waals surface area (Å²) in [6, 6.07) is 13.6. The van der Waals surface area contributed by atoms with Crippen LogP contribution in [-0.2, 0) is 16.1 Å². The Bertz CT molecular complexity index is 1010. The average molecular weight is 409 g/mol. The van der Waals surface area contributed by atoms with E-state index in [4.69, 9.17) is 38.4 Å². The molecule has 5 nitrogen and oxygen atoms in total. The molecule has 3 aromatic rings. The van der Waals surface area contributed by atoms with Gasteiger partial charge in [-0.25, -0.2) is 4.79 Å². The summed E-state index contributed by atoms with van der Waals surface area (Å²) in [5, 5.41) is 1.56. The summed E-state index contributed by atoms with van der Waals surface area (Å²) in [7, 11) is 0. The molecule has 0 saturated heterocycles.